The number of hydrogen-bond acceptors (Lipinski definition) is 3. The van der Waals surface area contributed by atoms with Gasteiger partial charge in [-0.25, -0.2) is 5.48 Å². The summed E-state index contributed by atoms with van der Waals surface area (Å²) in [5.74, 6) is 0. The Bertz CT molecular complexity index is 96.2. The lowest BCUT2D eigenvalue weighted by Crippen LogP contribution is -2.26. The molecule has 0 aromatic heterocycles. The molecular formula is C5H11F3N2O. The lowest BCUT2D eigenvalue weighted by molar-refractivity contribution is -0.189. The van der Waals surface area contributed by atoms with Crippen LogP contribution in [0, 0.1) is 0 Å². The van der Waals surface area contributed by atoms with Crippen LogP contribution in [-0.2, 0) is 4.84 Å². The average Bonchev–Trinajstić information content (AvgIpc) is 1.85. The van der Waals surface area contributed by atoms with E-state index >= 15 is 0 Å². The van der Waals surface area contributed by atoms with E-state index < -0.39 is 12.8 Å². The van der Waals surface area contributed by atoms with Gasteiger partial charge in [-0.05, 0) is 13.0 Å². The molecule has 0 spiro atoms. The zero-order valence-electron chi connectivity index (χ0n) is 5.95. The van der Waals surface area contributed by atoms with E-state index in [-0.39, 0.29) is 0 Å². The molecule has 0 aliphatic carbocycles. The molecule has 0 aliphatic rings. The zero-order chi connectivity index (χ0) is 8.74. The van der Waals surface area contributed by atoms with Gasteiger partial charge in [-0.2, -0.15) is 13.2 Å². The molecule has 0 saturated carbocycles. The predicted molar refractivity (Wildman–Crippen MR) is 33.7 cm³/mol. The Morgan fingerprint density at radius 2 is 2.00 bits per heavy atom. The lowest BCUT2D eigenvalue weighted by atomic mass is 10.4. The highest BCUT2D eigenvalue weighted by Gasteiger charge is 2.27. The molecule has 0 atom stereocenters. The monoisotopic (exact) mass is 172 g/mol. The van der Waals surface area contributed by atoms with Crippen LogP contribution in [0.4, 0.5) is 13.2 Å². The minimum atomic E-state index is -4.27. The van der Waals surface area contributed by atoms with E-state index in [1.807, 2.05) is 0 Å². The third kappa shape index (κ3) is 9.67. The van der Waals surface area contributed by atoms with Crippen LogP contribution >= 0.6 is 0 Å². The normalized spacial score (nSPS) is 12.0. The fourth-order valence-corrected chi connectivity index (χ4v) is 0.379. The number of alkyl halides is 3. The van der Waals surface area contributed by atoms with Crippen molar-refractivity contribution in [1.29, 1.82) is 0 Å². The Morgan fingerprint density at radius 1 is 1.36 bits per heavy atom. The van der Waals surface area contributed by atoms with E-state index in [4.69, 9.17) is 5.73 Å². The van der Waals surface area contributed by atoms with Gasteiger partial charge in [-0.15, -0.1) is 0 Å². The smallest absolute Gasteiger partial charge is 0.330 e. The standard InChI is InChI=1S/C5H11F3N2O/c6-5(7,8)4-11-10-3-1-2-9/h10H,1-4,9H2. The molecule has 11 heavy (non-hydrogen) atoms. The van der Waals surface area contributed by atoms with E-state index in [1.54, 1.807) is 0 Å². The summed E-state index contributed by atoms with van der Waals surface area (Å²) < 4.78 is 34.1. The first-order valence-electron chi connectivity index (χ1n) is 3.18. The highest BCUT2D eigenvalue weighted by Crippen LogP contribution is 2.13. The molecule has 0 fully saturated rings. The van der Waals surface area contributed by atoms with Gasteiger partial charge < -0.3 is 5.73 Å². The van der Waals surface area contributed by atoms with Gasteiger partial charge >= 0.3 is 6.18 Å². The van der Waals surface area contributed by atoms with Crippen LogP contribution in [0.3, 0.4) is 0 Å². The minimum Gasteiger partial charge on any atom is -0.330 e. The highest BCUT2D eigenvalue weighted by molar-refractivity contribution is 4.44. The van der Waals surface area contributed by atoms with Crippen LogP contribution in [0.5, 0.6) is 0 Å². The van der Waals surface area contributed by atoms with Crippen LogP contribution < -0.4 is 11.2 Å². The first-order valence-corrected chi connectivity index (χ1v) is 3.18. The van der Waals surface area contributed by atoms with E-state index in [0.29, 0.717) is 19.5 Å². The fourth-order valence-electron chi connectivity index (χ4n) is 0.379. The average molecular weight is 172 g/mol. The molecule has 3 nitrogen and oxygen atoms in total. The van der Waals surface area contributed by atoms with Gasteiger partial charge in [0.25, 0.3) is 0 Å². The molecule has 0 aliphatic heterocycles. The highest BCUT2D eigenvalue weighted by atomic mass is 19.4. The van der Waals surface area contributed by atoms with Gasteiger partial charge in [-0.3, -0.25) is 4.84 Å². The summed E-state index contributed by atoms with van der Waals surface area (Å²) in [7, 11) is 0. The number of halogens is 3. The number of nitrogens with two attached hydrogens (primary N) is 1. The van der Waals surface area contributed by atoms with Crippen molar-refractivity contribution in [1.82, 2.24) is 5.48 Å². The van der Waals surface area contributed by atoms with Gasteiger partial charge in [0.15, 0.2) is 6.61 Å². The number of hydroxylamine groups is 1. The molecule has 0 amide bonds. The van der Waals surface area contributed by atoms with Crippen molar-refractivity contribution in [2.24, 2.45) is 5.73 Å². The lowest BCUT2D eigenvalue weighted by Gasteiger charge is -2.07. The maximum Gasteiger partial charge on any atom is 0.413 e. The number of hydrogen-bond donors (Lipinski definition) is 2. The molecule has 0 rings (SSSR count). The van der Waals surface area contributed by atoms with Gasteiger partial charge in [0.1, 0.15) is 0 Å². The van der Waals surface area contributed by atoms with Crippen LogP contribution in [0.15, 0.2) is 0 Å². The Balaban J connectivity index is 3.02. The van der Waals surface area contributed by atoms with Gasteiger partial charge in [-0.1, -0.05) is 0 Å². The summed E-state index contributed by atoms with van der Waals surface area (Å²) in [6.07, 6.45) is -3.67. The summed E-state index contributed by atoms with van der Waals surface area (Å²) >= 11 is 0. The van der Waals surface area contributed by atoms with Crippen molar-refractivity contribution in [2.75, 3.05) is 19.7 Å². The van der Waals surface area contributed by atoms with E-state index in [2.05, 4.69) is 10.3 Å². The van der Waals surface area contributed by atoms with Crippen molar-refractivity contribution in [3.05, 3.63) is 0 Å². The number of nitrogens with one attached hydrogen (secondary N) is 1. The molecule has 6 heteroatoms. The van der Waals surface area contributed by atoms with Gasteiger partial charge in [0.2, 0.25) is 0 Å². The van der Waals surface area contributed by atoms with Crippen molar-refractivity contribution in [2.45, 2.75) is 12.6 Å². The summed E-state index contributed by atoms with van der Waals surface area (Å²) in [5, 5.41) is 0. The predicted octanol–water partition coefficient (Wildman–Crippen LogP) is 0.419. The largest absolute Gasteiger partial charge is 0.413 e. The maximum absolute atomic E-state index is 11.4. The molecule has 0 aromatic carbocycles. The quantitative estimate of drug-likeness (QED) is 0.466. The van der Waals surface area contributed by atoms with Crippen molar-refractivity contribution >= 4 is 0 Å². The Morgan fingerprint density at radius 3 is 2.45 bits per heavy atom. The summed E-state index contributed by atoms with van der Waals surface area (Å²) in [4.78, 5) is 4.07. The second kappa shape index (κ2) is 5.34. The Hall–Kier alpha value is -0.330. The van der Waals surface area contributed by atoms with Crippen LogP contribution in [-0.4, -0.2) is 25.9 Å². The van der Waals surface area contributed by atoms with E-state index in [1.165, 1.54) is 0 Å². The third-order valence-corrected chi connectivity index (χ3v) is 0.821. The Kier molecular flexibility index (Phi) is 5.18. The van der Waals surface area contributed by atoms with Crippen molar-refractivity contribution in [3.63, 3.8) is 0 Å². The first kappa shape index (κ1) is 10.7. The van der Waals surface area contributed by atoms with Gasteiger partial charge in [0.05, 0.1) is 0 Å². The summed E-state index contributed by atoms with van der Waals surface area (Å²) in [6.45, 7) is -0.494. The SMILES string of the molecule is NCCCNOCC(F)(F)F. The fraction of sp³-hybridized carbons (Fsp3) is 1.00. The van der Waals surface area contributed by atoms with Crippen LogP contribution in [0.25, 0.3) is 0 Å². The molecule has 68 valence electrons. The molecule has 0 bridgehead atoms. The molecule has 0 radical (unpaired) electrons. The second-order valence-electron chi connectivity index (χ2n) is 1.94. The first-order chi connectivity index (χ1) is 5.06. The van der Waals surface area contributed by atoms with Crippen molar-refractivity contribution < 1.29 is 18.0 Å². The van der Waals surface area contributed by atoms with Crippen LogP contribution in [0.2, 0.25) is 0 Å². The summed E-state index contributed by atoms with van der Waals surface area (Å²) in [5.41, 5.74) is 7.22. The topological polar surface area (TPSA) is 47.3 Å². The zero-order valence-corrected chi connectivity index (χ0v) is 5.95. The molecule has 0 heterocycles. The molecule has 0 aromatic rings. The Labute approximate surface area is 62.7 Å². The van der Waals surface area contributed by atoms with Gasteiger partial charge in [0, 0.05) is 6.54 Å². The molecule has 0 unspecified atom stereocenters. The third-order valence-electron chi connectivity index (χ3n) is 0.821. The van der Waals surface area contributed by atoms with Crippen molar-refractivity contribution in [3.8, 4) is 0 Å². The van der Waals surface area contributed by atoms with E-state index in [9.17, 15) is 13.2 Å². The number of rotatable bonds is 5. The molecular weight excluding hydrogens is 161 g/mol. The van der Waals surface area contributed by atoms with Crippen LogP contribution in [0.1, 0.15) is 6.42 Å². The molecule has 3 N–H and O–H groups in total. The minimum absolute atomic E-state index is 0.340. The molecule has 0 saturated heterocycles. The second-order valence-corrected chi connectivity index (χ2v) is 1.94. The maximum atomic E-state index is 11.4. The van der Waals surface area contributed by atoms with E-state index in [0.717, 1.165) is 0 Å². The summed E-state index contributed by atoms with van der Waals surface area (Å²) in [6, 6.07) is 0.